The van der Waals surface area contributed by atoms with Crippen LogP contribution in [0.5, 0.6) is 0 Å². The first-order valence-electron chi connectivity index (χ1n) is 19.0. The van der Waals surface area contributed by atoms with E-state index in [1.807, 2.05) is 0 Å². The summed E-state index contributed by atoms with van der Waals surface area (Å²) in [6.45, 7) is 7.57. The highest BCUT2D eigenvalue weighted by Crippen LogP contribution is 2.39. The Labute approximate surface area is 309 Å². The molecule has 4 unspecified atom stereocenters. The molecule has 6 aliphatic rings. The lowest BCUT2D eigenvalue weighted by atomic mass is 9.93. The van der Waals surface area contributed by atoms with Crippen molar-refractivity contribution in [3.8, 4) is 0 Å². The Kier molecular flexibility index (Phi) is 9.54. The van der Waals surface area contributed by atoms with Crippen LogP contribution in [-0.2, 0) is 26.2 Å². The number of benzene rings is 6. The van der Waals surface area contributed by atoms with Crippen LogP contribution in [0.3, 0.4) is 0 Å². The summed E-state index contributed by atoms with van der Waals surface area (Å²) in [6, 6.07) is 65.0. The van der Waals surface area contributed by atoms with Gasteiger partial charge in [0.1, 0.15) is 0 Å². The number of hydrogen-bond acceptors (Lipinski definition) is 4. The molecule has 8 bridgehead atoms. The molecule has 2 fully saturated rings. The Morgan fingerprint density at radius 2 is 0.500 bits per heavy atom. The summed E-state index contributed by atoms with van der Waals surface area (Å²) < 4.78 is 0. The second-order valence-electron chi connectivity index (χ2n) is 15.1. The third-order valence-corrected chi connectivity index (χ3v) is 11.7. The maximum absolute atomic E-state index is 2.75. The predicted octanol–water partition coefficient (Wildman–Crippen LogP) is 9.60. The molecule has 0 N–H and O–H groups in total. The van der Waals surface area contributed by atoms with Gasteiger partial charge in [-0.2, -0.15) is 0 Å². The zero-order chi connectivity index (χ0) is 34.7. The zero-order valence-corrected chi connectivity index (χ0v) is 29.9. The van der Waals surface area contributed by atoms with Crippen molar-refractivity contribution in [1.29, 1.82) is 0 Å². The zero-order valence-electron chi connectivity index (χ0n) is 29.9. The molecule has 0 saturated carbocycles. The van der Waals surface area contributed by atoms with Gasteiger partial charge in [0.25, 0.3) is 0 Å². The molecule has 2 saturated heterocycles. The van der Waals surface area contributed by atoms with Gasteiger partial charge in [0.15, 0.2) is 0 Å². The van der Waals surface area contributed by atoms with E-state index in [-0.39, 0.29) is 0 Å². The van der Waals surface area contributed by atoms with Crippen LogP contribution in [0.1, 0.15) is 68.7 Å². The minimum atomic E-state index is 0.298. The van der Waals surface area contributed by atoms with Gasteiger partial charge in [0.2, 0.25) is 0 Å². The predicted molar refractivity (Wildman–Crippen MR) is 211 cm³/mol. The Morgan fingerprint density at radius 1 is 0.269 bits per heavy atom. The minimum absolute atomic E-state index is 0.298. The molecule has 4 nitrogen and oxygen atoms in total. The topological polar surface area (TPSA) is 13.0 Å². The van der Waals surface area contributed by atoms with Crippen LogP contribution in [0.15, 0.2) is 170 Å². The van der Waals surface area contributed by atoms with Gasteiger partial charge in [-0.25, -0.2) is 0 Å². The van der Waals surface area contributed by atoms with Crippen molar-refractivity contribution in [2.75, 3.05) is 26.2 Å². The second-order valence-corrected chi connectivity index (χ2v) is 15.1. The Balaban J connectivity index is 1.16. The molecule has 0 amide bonds. The van der Waals surface area contributed by atoms with E-state index < -0.39 is 0 Å². The Hall–Kier alpha value is -4.84. The summed E-state index contributed by atoms with van der Waals surface area (Å²) in [5, 5.41) is 0. The first-order chi connectivity index (χ1) is 25.7. The van der Waals surface area contributed by atoms with Crippen molar-refractivity contribution in [3.05, 3.63) is 214 Å². The van der Waals surface area contributed by atoms with Gasteiger partial charge in [0, 0.05) is 76.5 Å². The lowest BCUT2D eigenvalue weighted by Crippen LogP contribution is -2.50. The van der Waals surface area contributed by atoms with E-state index in [0.717, 1.165) is 52.4 Å². The van der Waals surface area contributed by atoms with Crippen molar-refractivity contribution in [3.63, 3.8) is 0 Å². The molecule has 0 spiro atoms. The van der Waals surface area contributed by atoms with Gasteiger partial charge in [-0.05, 0) is 44.5 Å². The molecule has 6 aromatic carbocycles. The SMILES string of the molecule is c1ccc([C@@H]2CN3Cc4cccc(c4)CN4C[C@@H](c5ccccc5)N(Cc5cccc(c5)CN2C[C@H]3c2ccccc2)C[C@H]4c2ccccc2)cc1. The monoisotopic (exact) mass is 680 g/mol. The van der Waals surface area contributed by atoms with Crippen molar-refractivity contribution in [1.82, 2.24) is 19.6 Å². The van der Waals surface area contributed by atoms with Gasteiger partial charge in [0.05, 0.1) is 0 Å². The van der Waals surface area contributed by atoms with E-state index in [1.165, 1.54) is 44.5 Å². The summed E-state index contributed by atoms with van der Waals surface area (Å²) in [4.78, 5) is 11.0. The molecular formula is C48H48N4. The molecule has 4 heteroatoms. The van der Waals surface area contributed by atoms with Gasteiger partial charge in [-0.3, -0.25) is 19.6 Å². The van der Waals surface area contributed by atoms with Gasteiger partial charge >= 0.3 is 0 Å². The van der Waals surface area contributed by atoms with Crippen molar-refractivity contribution >= 4 is 0 Å². The number of nitrogens with zero attached hydrogens (tertiary/aromatic N) is 4. The lowest BCUT2D eigenvalue weighted by molar-refractivity contribution is 0.0137. The van der Waals surface area contributed by atoms with E-state index in [9.17, 15) is 0 Å². The van der Waals surface area contributed by atoms with E-state index in [2.05, 4.69) is 189 Å². The lowest BCUT2D eigenvalue weighted by Gasteiger charge is -2.48. The van der Waals surface area contributed by atoms with E-state index >= 15 is 0 Å². The summed E-state index contributed by atoms with van der Waals surface area (Å²) >= 11 is 0. The quantitative estimate of drug-likeness (QED) is 0.184. The molecule has 6 aromatic rings. The molecule has 52 heavy (non-hydrogen) atoms. The standard InChI is InChI=1S/C48H48N4/c1-5-19-41(20-6-1)45-33-50-30-38-16-14-18-40(28-38)32-52-36-47(43-23-9-3-10-24-43)51(35-48(52)44-25-11-4-12-26-44)31-39-17-13-15-37(27-39)29-49(45)34-46(50)42-21-7-2-8-22-42/h1-28,45-48H,29-36H2/t45-,46-,47-,48-/m0/s1. The van der Waals surface area contributed by atoms with Crippen LogP contribution in [0.25, 0.3) is 0 Å². The minimum Gasteiger partial charge on any atom is -0.289 e. The number of rotatable bonds is 4. The second kappa shape index (κ2) is 15.0. The Bertz CT molecular complexity index is 1760. The average molecular weight is 681 g/mol. The summed E-state index contributed by atoms with van der Waals surface area (Å²) in [5.41, 5.74) is 11.1. The molecule has 0 aromatic heterocycles. The Morgan fingerprint density at radius 3 is 0.731 bits per heavy atom. The van der Waals surface area contributed by atoms with Crippen LogP contribution in [0.2, 0.25) is 0 Å². The summed E-state index contributed by atoms with van der Waals surface area (Å²) in [7, 11) is 0. The molecule has 260 valence electrons. The van der Waals surface area contributed by atoms with Crippen LogP contribution in [0.4, 0.5) is 0 Å². The van der Waals surface area contributed by atoms with Gasteiger partial charge in [-0.15, -0.1) is 0 Å². The fourth-order valence-electron chi connectivity index (χ4n) is 9.11. The van der Waals surface area contributed by atoms with Crippen LogP contribution >= 0.6 is 0 Å². The van der Waals surface area contributed by atoms with Crippen LogP contribution in [0, 0.1) is 0 Å². The maximum Gasteiger partial charge on any atom is 0.0479 e. The smallest absolute Gasteiger partial charge is 0.0479 e. The first kappa shape index (κ1) is 33.0. The van der Waals surface area contributed by atoms with Crippen molar-refractivity contribution in [2.24, 2.45) is 0 Å². The maximum atomic E-state index is 2.75. The van der Waals surface area contributed by atoms with Gasteiger partial charge < -0.3 is 0 Å². The fourth-order valence-corrected chi connectivity index (χ4v) is 9.11. The first-order valence-corrected chi connectivity index (χ1v) is 19.0. The summed E-state index contributed by atoms with van der Waals surface area (Å²) in [5.74, 6) is 0. The van der Waals surface area contributed by atoms with E-state index in [1.54, 1.807) is 0 Å². The molecule has 6 aliphatic heterocycles. The molecule has 6 heterocycles. The van der Waals surface area contributed by atoms with Crippen molar-refractivity contribution in [2.45, 2.75) is 50.3 Å². The van der Waals surface area contributed by atoms with Crippen LogP contribution < -0.4 is 0 Å². The van der Waals surface area contributed by atoms with Gasteiger partial charge in [-0.1, -0.05) is 170 Å². The molecule has 0 radical (unpaired) electrons. The fraction of sp³-hybridized carbons (Fsp3) is 0.250. The largest absolute Gasteiger partial charge is 0.289 e. The number of piperazine rings is 2. The van der Waals surface area contributed by atoms with Crippen LogP contribution in [-0.4, -0.2) is 45.8 Å². The average Bonchev–Trinajstić information content (AvgIpc) is 3.20. The molecule has 12 rings (SSSR count). The summed E-state index contributed by atoms with van der Waals surface area (Å²) in [6.07, 6.45) is 0. The normalized spacial score (nSPS) is 27.4. The third kappa shape index (κ3) is 7.13. The van der Waals surface area contributed by atoms with E-state index in [4.69, 9.17) is 0 Å². The molecular weight excluding hydrogens is 633 g/mol. The highest BCUT2D eigenvalue weighted by Gasteiger charge is 2.37. The van der Waals surface area contributed by atoms with E-state index in [0.29, 0.717) is 24.2 Å². The molecule has 8 atom stereocenters. The van der Waals surface area contributed by atoms with Crippen molar-refractivity contribution < 1.29 is 0 Å². The number of hydrogen-bond donors (Lipinski definition) is 0. The highest BCUT2D eigenvalue weighted by atomic mass is 15.3. The highest BCUT2D eigenvalue weighted by molar-refractivity contribution is 5.31. The molecule has 0 aliphatic carbocycles. The third-order valence-electron chi connectivity index (χ3n) is 11.7.